The summed E-state index contributed by atoms with van der Waals surface area (Å²) in [6, 6.07) is 16.4. The number of aryl methyl sites for hydroxylation is 1. The van der Waals surface area contributed by atoms with Crippen molar-refractivity contribution in [1.82, 2.24) is 9.88 Å². The number of methoxy groups -OCH3 is 1. The normalized spacial score (nSPS) is 17.0. The number of thiazole rings is 1. The van der Waals surface area contributed by atoms with E-state index in [9.17, 15) is 4.79 Å². The number of nitrogens with zero attached hydrogens (tertiary/aromatic N) is 2. The Kier molecular flexibility index (Phi) is 4.89. The summed E-state index contributed by atoms with van der Waals surface area (Å²) < 4.78 is 6.42. The van der Waals surface area contributed by atoms with Crippen molar-refractivity contribution in [3.63, 3.8) is 0 Å². The molecule has 1 amide bonds. The summed E-state index contributed by atoms with van der Waals surface area (Å²) >= 11 is 1.69. The number of ether oxygens (including phenoxy) is 1. The Hall–Kier alpha value is -2.40. The summed E-state index contributed by atoms with van der Waals surface area (Å²) in [7, 11) is 1.67. The summed E-state index contributed by atoms with van der Waals surface area (Å²) in [6.45, 7) is 0.843. The number of hydrogen-bond acceptors (Lipinski definition) is 4. The minimum absolute atomic E-state index is 0.184. The fraction of sp³-hybridized carbons (Fsp3) is 0.333. The van der Waals surface area contributed by atoms with Gasteiger partial charge in [-0.15, -0.1) is 11.3 Å². The summed E-state index contributed by atoms with van der Waals surface area (Å²) in [5.74, 6) is 1.07. The van der Waals surface area contributed by atoms with Crippen LogP contribution in [0.25, 0.3) is 10.2 Å². The number of aromatic nitrogens is 1. The highest BCUT2D eigenvalue weighted by Gasteiger charge is 2.29. The maximum Gasteiger partial charge on any atom is 0.223 e. The highest BCUT2D eigenvalue weighted by molar-refractivity contribution is 7.18. The number of likely N-dealkylation sites (tertiary alicyclic amines) is 1. The molecule has 3 aromatic rings. The van der Waals surface area contributed by atoms with E-state index >= 15 is 0 Å². The molecule has 0 radical (unpaired) electrons. The lowest BCUT2D eigenvalue weighted by atomic mass is 10.0. The summed E-state index contributed by atoms with van der Waals surface area (Å²) in [5.41, 5.74) is 2.22. The van der Waals surface area contributed by atoms with Crippen LogP contribution in [-0.4, -0.2) is 29.4 Å². The number of benzene rings is 2. The van der Waals surface area contributed by atoms with Crippen molar-refractivity contribution in [3.8, 4) is 5.75 Å². The minimum Gasteiger partial charge on any atom is -0.497 e. The molecule has 1 aliphatic rings. The van der Waals surface area contributed by atoms with Gasteiger partial charge in [0, 0.05) is 19.4 Å². The third-order valence-corrected chi connectivity index (χ3v) is 6.06. The van der Waals surface area contributed by atoms with E-state index in [1.807, 2.05) is 35.2 Å². The minimum atomic E-state index is 0.184. The van der Waals surface area contributed by atoms with Gasteiger partial charge in [0.25, 0.3) is 0 Å². The molecule has 0 saturated carbocycles. The topological polar surface area (TPSA) is 42.4 Å². The third kappa shape index (κ3) is 3.44. The highest BCUT2D eigenvalue weighted by atomic mass is 32.1. The number of carbonyl (C=O) groups excluding carboxylic acids is 1. The van der Waals surface area contributed by atoms with Crippen LogP contribution >= 0.6 is 11.3 Å². The smallest absolute Gasteiger partial charge is 0.223 e. The van der Waals surface area contributed by atoms with Crippen LogP contribution < -0.4 is 4.74 Å². The standard InChI is InChI=1S/C21H22N2O2S/c1-25-16-10-8-15(9-11-16)18-6-4-14-23(18)21(24)13-12-20-22-17-5-2-3-7-19(17)26-20/h2-3,5,7-11,18H,4,6,12-14H2,1H3. The molecule has 5 heteroatoms. The van der Waals surface area contributed by atoms with Crippen LogP contribution in [0.4, 0.5) is 0 Å². The van der Waals surface area contributed by atoms with E-state index in [2.05, 4.69) is 23.2 Å². The zero-order chi connectivity index (χ0) is 17.9. The van der Waals surface area contributed by atoms with E-state index in [-0.39, 0.29) is 11.9 Å². The molecule has 1 aliphatic heterocycles. The van der Waals surface area contributed by atoms with Crippen molar-refractivity contribution in [3.05, 3.63) is 59.1 Å². The maximum atomic E-state index is 12.8. The third-order valence-electron chi connectivity index (χ3n) is 4.96. The summed E-state index contributed by atoms with van der Waals surface area (Å²) in [6.07, 6.45) is 3.32. The quantitative estimate of drug-likeness (QED) is 0.663. The largest absolute Gasteiger partial charge is 0.497 e. The van der Waals surface area contributed by atoms with Crippen molar-refractivity contribution in [2.45, 2.75) is 31.7 Å². The van der Waals surface area contributed by atoms with E-state index in [0.717, 1.165) is 35.7 Å². The van der Waals surface area contributed by atoms with Gasteiger partial charge in [-0.1, -0.05) is 24.3 Å². The molecular formula is C21H22N2O2S. The first-order chi connectivity index (χ1) is 12.7. The average molecular weight is 366 g/mol. The van der Waals surface area contributed by atoms with E-state index in [4.69, 9.17) is 4.74 Å². The Balaban J connectivity index is 1.42. The molecule has 1 saturated heterocycles. The molecule has 0 spiro atoms. The van der Waals surface area contributed by atoms with E-state index in [0.29, 0.717) is 12.8 Å². The number of hydrogen-bond donors (Lipinski definition) is 0. The number of carbonyl (C=O) groups is 1. The van der Waals surface area contributed by atoms with Crippen molar-refractivity contribution >= 4 is 27.5 Å². The predicted octanol–water partition coefficient (Wildman–Crippen LogP) is 4.60. The molecular weight excluding hydrogens is 344 g/mol. The van der Waals surface area contributed by atoms with Gasteiger partial charge >= 0.3 is 0 Å². The van der Waals surface area contributed by atoms with Gasteiger partial charge < -0.3 is 9.64 Å². The molecule has 134 valence electrons. The summed E-state index contributed by atoms with van der Waals surface area (Å²) in [5, 5.41) is 1.04. The molecule has 4 rings (SSSR count). The van der Waals surface area contributed by atoms with Gasteiger partial charge in [-0.3, -0.25) is 4.79 Å². The lowest BCUT2D eigenvalue weighted by molar-refractivity contribution is -0.132. The summed E-state index contributed by atoms with van der Waals surface area (Å²) in [4.78, 5) is 19.5. The van der Waals surface area contributed by atoms with Crippen molar-refractivity contribution in [2.24, 2.45) is 0 Å². The zero-order valence-electron chi connectivity index (χ0n) is 14.9. The molecule has 0 aliphatic carbocycles. The molecule has 1 fully saturated rings. The molecule has 0 bridgehead atoms. The van der Waals surface area contributed by atoms with Gasteiger partial charge in [0.05, 0.1) is 28.4 Å². The fourth-order valence-electron chi connectivity index (χ4n) is 3.62. The SMILES string of the molecule is COc1ccc(C2CCCN2C(=O)CCc2nc3ccccc3s2)cc1. The van der Waals surface area contributed by atoms with Crippen molar-refractivity contribution in [1.29, 1.82) is 0 Å². The number of rotatable bonds is 5. The van der Waals surface area contributed by atoms with E-state index in [1.165, 1.54) is 10.3 Å². The molecule has 26 heavy (non-hydrogen) atoms. The molecule has 1 unspecified atom stereocenters. The first-order valence-electron chi connectivity index (χ1n) is 9.02. The van der Waals surface area contributed by atoms with Gasteiger partial charge in [0.1, 0.15) is 5.75 Å². The average Bonchev–Trinajstić information content (AvgIpc) is 3.33. The van der Waals surface area contributed by atoms with Crippen molar-refractivity contribution < 1.29 is 9.53 Å². The van der Waals surface area contributed by atoms with Crippen molar-refractivity contribution in [2.75, 3.05) is 13.7 Å². The number of amides is 1. The first-order valence-corrected chi connectivity index (χ1v) is 9.84. The van der Waals surface area contributed by atoms with E-state index in [1.54, 1.807) is 18.4 Å². The fourth-order valence-corrected chi connectivity index (χ4v) is 4.59. The van der Waals surface area contributed by atoms with Gasteiger partial charge in [-0.05, 0) is 42.7 Å². The number of fused-ring (bicyclic) bond motifs is 1. The highest BCUT2D eigenvalue weighted by Crippen LogP contribution is 2.33. The van der Waals surface area contributed by atoms with E-state index < -0.39 is 0 Å². The van der Waals surface area contributed by atoms with Crippen LogP contribution in [0.2, 0.25) is 0 Å². The first kappa shape index (κ1) is 17.0. The van der Waals surface area contributed by atoms with Crippen LogP contribution in [0.1, 0.15) is 35.9 Å². The Morgan fingerprint density at radius 1 is 1.23 bits per heavy atom. The second-order valence-corrected chi connectivity index (χ2v) is 7.71. The van der Waals surface area contributed by atoms with Crippen LogP contribution in [0.3, 0.4) is 0 Å². The zero-order valence-corrected chi connectivity index (χ0v) is 15.7. The van der Waals surface area contributed by atoms with Gasteiger partial charge in [-0.2, -0.15) is 0 Å². The van der Waals surface area contributed by atoms with Gasteiger partial charge in [-0.25, -0.2) is 4.98 Å². The van der Waals surface area contributed by atoms with Gasteiger partial charge in [0.15, 0.2) is 0 Å². The van der Waals surface area contributed by atoms with Crippen LogP contribution in [-0.2, 0) is 11.2 Å². The van der Waals surface area contributed by atoms with Gasteiger partial charge in [0.2, 0.25) is 5.91 Å². The monoisotopic (exact) mass is 366 g/mol. The second kappa shape index (κ2) is 7.46. The van der Waals surface area contributed by atoms with Crippen LogP contribution in [0.5, 0.6) is 5.75 Å². The van der Waals surface area contributed by atoms with Crippen LogP contribution in [0.15, 0.2) is 48.5 Å². The Bertz CT molecular complexity index is 871. The lowest BCUT2D eigenvalue weighted by Crippen LogP contribution is -2.30. The second-order valence-electron chi connectivity index (χ2n) is 6.59. The molecule has 2 aromatic carbocycles. The lowest BCUT2D eigenvalue weighted by Gasteiger charge is -2.25. The molecule has 0 N–H and O–H groups in total. The molecule has 4 nitrogen and oxygen atoms in total. The molecule has 1 aromatic heterocycles. The Morgan fingerprint density at radius 3 is 2.81 bits per heavy atom. The van der Waals surface area contributed by atoms with Crippen LogP contribution in [0, 0.1) is 0 Å². The molecule has 2 heterocycles. The Labute approximate surface area is 157 Å². The Morgan fingerprint density at radius 2 is 2.04 bits per heavy atom. The maximum absolute atomic E-state index is 12.8. The molecule has 1 atom stereocenters. The number of para-hydroxylation sites is 1. The predicted molar refractivity (Wildman–Crippen MR) is 105 cm³/mol.